The average molecular weight is 373 g/mol. The predicted molar refractivity (Wildman–Crippen MR) is 82.5 cm³/mol. The zero-order chi connectivity index (χ0) is 15.8. The molecule has 0 radical (unpaired) electrons. The third kappa shape index (κ3) is 3.63. The molecule has 0 aliphatic carbocycles. The number of nitrogens with zero attached hydrogens (tertiary/aromatic N) is 1. The highest BCUT2D eigenvalue weighted by Crippen LogP contribution is 2.30. The van der Waals surface area contributed by atoms with Gasteiger partial charge in [0.05, 0.1) is 5.56 Å². The highest BCUT2D eigenvalue weighted by atomic mass is 79.9. The maximum Gasteiger partial charge on any atom is 0.430 e. The number of carbonyl (C=O) groups excluding carboxylic acids is 1. The van der Waals surface area contributed by atoms with Crippen molar-refractivity contribution in [2.24, 2.45) is 0 Å². The second-order valence-electron chi connectivity index (χ2n) is 4.58. The maximum absolute atomic E-state index is 11.9. The number of aromatic nitrogens is 1. The van der Waals surface area contributed by atoms with E-state index in [2.05, 4.69) is 15.9 Å². The molecule has 3 N–H and O–H groups in total. The lowest BCUT2D eigenvalue weighted by molar-refractivity contribution is 0.0971. The van der Waals surface area contributed by atoms with Gasteiger partial charge in [0.1, 0.15) is 0 Å². The van der Waals surface area contributed by atoms with E-state index in [1.807, 2.05) is 35.8 Å². The number of aryl methyl sites for hydroxylation is 1. The van der Waals surface area contributed by atoms with E-state index in [0.29, 0.717) is 5.69 Å². The van der Waals surface area contributed by atoms with Gasteiger partial charge >= 0.3 is 7.75 Å². The molecular weight excluding hydrogens is 359 g/mol. The Bertz CT molecular complexity index is 733. The Morgan fingerprint density at radius 3 is 2.33 bits per heavy atom. The second kappa shape index (κ2) is 5.77. The summed E-state index contributed by atoms with van der Waals surface area (Å²) in [5.74, 6) is -0.792. The van der Waals surface area contributed by atoms with Gasteiger partial charge in [0.15, 0.2) is 0 Å². The van der Waals surface area contributed by atoms with Crippen molar-refractivity contribution in [1.29, 1.82) is 0 Å². The molecule has 2 aromatic rings. The highest BCUT2D eigenvalue weighted by Gasteiger charge is 2.22. The fourth-order valence-corrected chi connectivity index (χ4v) is 2.82. The van der Waals surface area contributed by atoms with Crippen LogP contribution in [0.15, 0.2) is 34.8 Å². The quantitative estimate of drug-likeness (QED) is 0.722. The Morgan fingerprint density at radius 1 is 1.24 bits per heavy atom. The van der Waals surface area contributed by atoms with Gasteiger partial charge in [-0.25, -0.2) is 4.57 Å². The van der Waals surface area contributed by atoms with Crippen molar-refractivity contribution in [3.8, 4) is 5.69 Å². The van der Waals surface area contributed by atoms with Crippen molar-refractivity contribution < 1.29 is 19.1 Å². The molecular formula is C13H14BrN2O4P. The molecule has 21 heavy (non-hydrogen) atoms. The van der Waals surface area contributed by atoms with Gasteiger partial charge in [-0.05, 0) is 44.2 Å². The standard InChI is InChI=1S/C13H14BrN2O4P/c1-8-7-12(13(17)15-21(18,19)20)9(2)16(8)11-5-3-10(14)4-6-11/h3-7H,1-2H3,(H3,15,17,18,19,20). The Balaban J connectivity index is 2.45. The summed E-state index contributed by atoms with van der Waals surface area (Å²) < 4.78 is 13.7. The van der Waals surface area contributed by atoms with Crippen LogP contribution >= 0.6 is 23.7 Å². The molecule has 0 saturated heterocycles. The topological polar surface area (TPSA) is 91.6 Å². The predicted octanol–water partition coefficient (Wildman–Crippen LogP) is 2.68. The van der Waals surface area contributed by atoms with Crippen LogP contribution in [0.25, 0.3) is 5.69 Å². The number of benzene rings is 1. The number of carbonyl (C=O) groups is 1. The van der Waals surface area contributed by atoms with Crippen LogP contribution in [0.2, 0.25) is 0 Å². The monoisotopic (exact) mass is 372 g/mol. The van der Waals surface area contributed by atoms with E-state index < -0.39 is 13.7 Å². The molecule has 8 heteroatoms. The minimum Gasteiger partial charge on any atom is -0.318 e. The first kappa shape index (κ1) is 16.0. The molecule has 0 saturated carbocycles. The number of amides is 1. The fraction of sp³-hybridized carbons (Fsp3) is 0.154. The Hall–Kier alpha value is -1.40. The number of hydrogen-bond acceptors (Lipinski definition) is 2. The van der Waals surface area contributed by atoms with Crippen LogP contribution in [0.4, 0.5) is 0 Å². The third-order valence-electron chi connectivity index (χ3n) is 3.01. The van der Waals surface area contributed by atoms with Crippen molar-refractivity contribution in [3.63, 3.8) is 0 Å². The van der Waals surface area contributed by atoms with Gasteiger partial charge in [-0.3, -0.25) is 9.88 Å². The molecule has 6 nitrogen and oxygen atoms in total. The summed E-state index contributed by atoms with van der Waals surface area (Å²) in [5.41, 5.74) is 2.51. The summed E-state index contributed by atoms with van der Waals surface area (Å²) in [6.07, 6.45) is 0. The number of nitrogens with one attached hydrogen (secondary N) is 1. The van der Waals surface area contributed by atoms with Crippen LogP contribution in [0, 0.1) is 13.8 Å². The average Bonchev–Trinajstić information content (AvgIpc) is 2.64. The van der Waals surface area contributed by atoms with Crippen molar-refractivity contribution >= 4 is 29.6 Å². The maximum atomic E-state index is 11.9. The first-order chi connectivity index (χ1) is 9.69. The van der Waals surface area contributed by atoms with Crippen molar-refractivity contribution in [2.75, 3.05) is 0 Å². The zero-order valence-corrected chi connectivity index (χ0v) is 13.9. The lowest BCUT2D eigenvalue weighted by Gasteiger charge is -2.10. The normalized spacial score (nSPS) is 11.5. The van der Waals surface area contributed by atoms with Crippen molar-refractivity contribution in [2.45, 2.75) is 13.8 Å². The summed E-state index contributed by atoms with van der Waals surface area (Å²) in [6.45, 7) is 3.55. The SMILES string of the molecule is Cc1cc(C(=O)NP(=O)(O)O)c(C)n1-c1ccc(Br)cc1. The first-order valence-electron chi connectivity index (χ1n) is 6.02. The molecule has 0 aliphatic heterocycles. The molecule has 0 spiro atoms. The summed E-state index contributed by atoms with van der Waals surface area (Å²) in [7, 11) is -4.61. The molecule has 0 unspecified atom stereocenters. The van der Waals surface area contributed by atoms with Crippen LogP contribution in [0.5, 0.6) is 0 Å². The molecule has 112 valence electrons. The van der Waals surface area contributed by atoms with Crippen LogP contribution in [0.3, 0.4) is 0 Å². The summed E-state index contributed by atoms with van der Waals surface area (Å²) in [6, 6.07) is 9.12. The highest BCUT2D eigenvalue weighted by molar-refractivity contribution is 9.10. The molecule has 0 atom stereocenters. The Labute approximate surface area is 130 Å². The van der Waals surface area contributed by atoms with Crippen molar-refractivity contribution in [1.82, 2.24) is 9.65 Å². The second-order valence-corrected chi connectivity index (χ2v) is 6.81. The van der Waals surface area contributed by atoms with E-state index in [-0.39, 0.29) is 5.56 Å². The van der Waals surface area contributed by atoms with Crippen LogP contribution < -0.4 is 5.09 Å². The number of halogens is 1. The van der Waals surface area contributed by atoms with Gasteiger partial charge in [0.2, 0.25) is 0 Å². The minimum absolute atomic E-state index is 0.235. The van der Waals surface area contributed by atoms with E-state index in [9.17, 15) is 9.36 Å². The summed E-state index contributed by atoms with van der Waals surface area (Å²) in [5, 5.41) is 1.68. The molecule has 0 bridgehead atoms. The van der Waals surface area contributed by atoms with Gasteiger partial charge in [-0.1, -0.05) is 15.9 Å². The largest absolute Gasteiger partial charge is 0.430 e. The van der Waals surface area contributed by atoms with E-state index in [1.54, 1.807) is 18.1 Å². The van der Waals surface area contributed by atoms with Gasteiger partial charge in [0.25, 0.3) is 5.91 Å². The molecule has 2 rings (SSSR count). The minimum atomic E-state index is -4.61. The van der Waals surface area contributed by atoms with E-state index in [1.165, 1.54) is 0 Å². The lowest BCUT2D eigenvalue weighted by atomic mass is 10.2. The molecule has 0 aliphatic rings. The molecule has 0 fully saturated rings. The lowest BCUT2D eigenvalue weighted by Crippen LogP contribution is -2.20. The Kier molecular flexibility index (Phi) is 4.39. The van der Waals surface area contributed by atoms with Gasteiger partial charge in [0, 0.05) is 21.5 Å². The van der Waals surface area contributed by atoms with Crippen LogP contribution in [0.1, 0.15) is 21.7 Å². The van der Waals surface area contributed by atoms with Gasteiger partial charge < -0.3 is 14.4 Å². The third-order valence-corrected chi connectivity index (χ3v) is 4.03. The van der Waals surface area contributed by atoms with E-state index in [0.717, 1.165) is 15.9 Å². The zero-order valence-electron chi connectivity index (χ0n) is 11.4. The molecule has 1 aromatic carbocycles. The summed E-state index contributed by atoms with van der Waals surface area (Å²) in [4.78, 5) is 29.6. The first-order valence-corrected chi connectivity index (χ1v) is 8.42. The van der Waals surface area contributed by atoms with E-state index in [4.69, 9.17) is 9.79 Å². The van der Waals surface area contributed by atoms with Crippen LogP contribution in [-0.4, -0.2) is 20.3 Å². The summed E-state index contributed by atoms with van der Waals surface area (Å²) >= 11 is 3.36. The number of rotatable bonds is 3. The smallest absolute Gasteiger partial charge is 0.318 e. The van der Waals surface area contributed by atoms with Gasteiger partial charge in [-0.15, -0.1) is 0 Å². The van der Waals surface area contributed by atoms with E-state index >= 15 is 0 Å². The van der Waals surface area contributed by atoms with Crippen molar-refractivity contribution in [3.05, 3.63) is 51.8 Å². The molecule has 1 heterocycles. The molecule has 1 aromatic heterocycles. The number of hydrogen-bond donors (Lipinski definition) is 3. The van der Waals surface area contributed by atoms with Crippen LogP contribution in [-0.2, 0) is 4.57 Å². The van der Waals surface area contributed by atoms with Gasteiger partial charge in [-0.2, -0.15) is 0 Å². The molecule has 1 amide bonds. The Morgan fingerprint density at radius 2 is 1.81 bits per heavy atom. The fourth-order valence-electron chi connectivity index (χ4n) is 2.17.